The molecule has 108 valence electrons. The molecule has 4 aliphatic carbocycles. The van der Waals surface area contributed by atoms with E-state index in [1.165, 1.54) is 45.2 Å². The van der Waals surface area contributed by atoms with Gasteiger partial charge in [0.2, 0.25) is 0 Å². The molecule has 5 rings (SSSR count). The Kier molecular flexibility index (Phi) is 2.97. The van der Waals surface area contributed by atoms with E-state index in [0.717, 1.165) is 23.8 Å². The Balaban J connectivity index is 1.54. The molecular weight excluding hydrogens is 232 g/mol. The monoisotopic (exact) mass is 262 g/mol. The van der Waals surface area contributed by atoms with Crippen LogP contribution in [0, 0.1) is 17.8 Å². The first-order valence-corrected chi connectivity index (χ1v) is 8.56. The fourth-order valence-electron chi connectivity index (χ4n) is 6.34. The van der Waals surface area contributed by atoms with E-state index in [2.05, 4.69) is 23.9 Å². The molecule has 0 aromatic heterocycles. The lowest BCUT2D eigenvalue weighted by Crippen LogP contribution is -2.63. The van der Waals surface area contributed by atoms with Gasteiger partial charge in [-0.2, -0.15) is 0 Å². The van der Waals surface area contributed by atoms with Crippen LogP contribution in [0.2, 0.25) is 0 Å². The quantitative estimate of drug-likeness (QED) is 0.755. The highest BCUT2D eigenvalue weighted by Gasteiger charge is 2.53. The van der Waals surface area contributed by atoms with Crippen LogP contribution in [-0.4, -0.2) is 48.6 Å². The van der Waals surface area contributed by atoms with Gasteiger partial charge < -0.3 is 4.90 Å². The minimum absolute atomic E-state index is 0.609. The number of hydrogen-bond acceptors (Lipinski definition) is 2. The average molecular weight is 262 g/mol. The highest BCUT2D eigenvalue weighted by Crippen LogP contribution is 2.58. The molecule has 2 heteroatoms. The van der Waals surface area contributed by atoms with Crippen LogP contribution in [0.25, 0.3) is 0 Å². The third kappa shape index (κ3) is 2.06. The Labute approximate surface area is 118 Å². The summed E-state index contributed by atoms with van der Waals surface area (Å²) in [4.78, 5) is 5.41. The van der Waals surface area contributed by atoms with E-state index < -0.39 is 0 Å². The van der Waals surface area contributed by atoms with Crippen molar-refractivity contribution in [2.45, 2.75) is 62.9 Å². The number of piperidine rings is 1. The van der Waals surface area contributed by atoms with Gasteiger partial charge >= 0.3 is 0 Å². The summed E-state index contributed by atoms with van der Waals surface area (Å²) in [5, 5.41) is 0. The fourth-order valence-corrected chi connectivity index (χ4v) is 6.34. The van der Waals surface area contributed by atoms with E-state index in [1.54, 1.807) is 19.3 Å². The molecule has 1 atom stereocenters. The molecule has 4 saturated carbocycles. The number of hydrogen-bond donors (Lipinski definition) is 0. The van der Waals surface area contributed by atoms with E-state index in [-0.39, 0.29) is 0 Å². The lowest BCUT2D eigenvalue weighted by molar-refractivity contribution is -0.101. The molecule has 0 aromatic carbocycles. The summed E-state index contributed by atoms with van der Waals surface area (Å²) in [6.45, 7) is 2.61. The Hall–Kier alpha value is -0.0800. The zero-order valence-corrected chi connectivity index (χ0v) is 12.8. The first-order chi connectivity index (χ1) is 9.14. The topological polar surface area (TPSA) is 6.48 Å². The predicted molar refractivity (Wildman–Crippen MR) is 79.2 cm³/mol. The van der Waals surface area contributed by atoms with Gasteiger partial charge in [-0.05, 0) is 89.8 Å². The zero-order chi connectivity index (χ0) is 13.0. The van der Waals surface area contributed by atoms with Crippen LogP contribution in [-0.2, 0) is 0 Å². The summed E-state index contributed by atoms with van der Waals surface area (Å²) in [6.07, 6.45) is 12.1. The third-order valence-corrected chi connectivity index (χ3v) is 6.90. The van der Waals surface area contributed by atoms with Gasteiger partial charge in [0, 0.05) is 18.1 Å². The molecule has 1 heterocycles. The van der Waals surface area contributed by atoms with Gasteiger partial charge in [-0.1, -0.05) is 0 Å². The molecule has 1 aliphatic heterocycles. The highest BCUT2D eigenvalue weighted by molar-refractivity contribution is 5.08. The van der Waals surface area contributed by atoms with Gasteiger partial charge in [-0.25, -0.2) is 0 Å². The zero-order valence-electron chi connectivity index (χ0n) is 12.8. The maximum absolute atomic E-state index is 2.87. The van der Waals surface area contributed by atoms with Crippen LogP contribution in [0.15, 0.2) is 0 Å². The molecule has 0 amide bonds. The Morgan fingerprint density at radius 1 is 1.00 bits per heavy atom. The van der Waals surface area contributed by atoms with Crippen molar-refractivity contribution >= 4 is 0 Å². The van der Waals surface area contributed by atoms with Crippen LogP contribution >= 0.6 is 0 Å². The predicted octanol–water partition coefficient (Wildman–Crippen LogP) is 2.98. The van der Waals surface area contributed by atoms with Crippen LogP contribution in [0.5, 0.6) is 0 Å². The minimum atomic E-state index is 0.609. The van der Waals surface area contributed by atoms with Gasteiger partial charge in [0.15, 0.2) is 0 Å². The maximum Gasteiger partial charge on any atom is 0.0226 e. The molecule has 0 aromatic rings. The molecule has 5 fully saturated rings. The second-order valence-electron chi connectivity index (χ2n) is 8.31. The van der Waals surface area contributed by atoms with Crippen molar-refractivity contribution in [3.63, 3.8) is 0 Å². The molecule has 1 unspecified atom stereocenters. The first kappa shape index (κ1) is 12.6. The molecule has 19 heavy (non-hydrogen) atoms. The molecule has 2 nitrogen and oxygen atoms in total. The Morgan fingerprint density at radius 2 is 1.58 bits per heavy atom. The summed E-state index contributed by atoms with van der Waals surface area (Å²) < 4.78 is 0. The van der Waals surface area contributed by atoms with Crippen molar-refractivity contribution in [1.82, 2.24) is 9.80 Å². The van der Waals surface area contributed by atoms with Gasteiger partial charge in [-0.3, -0.25) is 4.90 Å². The molecule has 0 spiro atoms. The summed E-state index contributed by atoms with van der Waals surface area (Å²) in [6, 6.07) is 0.829. The summed E-state index contributed by atoms with van der Waals surface area (Å²) >= 11 is 0. The van der Waals surface area contributed by atoms with E-state index >= 15 is 0 Å². The maximum atomic E-state index is 2.87. The standard InChI is InChI=1S/C17H30N2/c1-18-5-3-4-16(12-18)19(2)17-9-13-6-14(10-17)8-15(7-13)11-17/h13-16H,3-12H2,1-2H3. The van der Waals surface area contributed by atoms with Gasteiger partial charge in [0.25, 0.3) is 0 Å². The molecule has 4 bridgehead atoms. The summed E-state index contributed by atoms with van der Waals surface area (Å²) in [5.41, 5.74) is 0.609. The number of likely N-dealkylation sites (tertiary alicyclic amines) is 1. The molecule has 5 aliphatic rings. The normalized spacial score (nSPS) is 50.1. The average Bonchev–Trinajstić information content (AvgIpc) is 2.36. The molecule has 0 radical (unpaired) electrons. The van der Waals surface area contributed by atoms with Crippen molar-refractivity contribution in [1.29, 1.82) is 0 Å². The molecule has 0 N–H and O–H groups in total. The lowest BCUT2D eigenvalue weighted by atomic mass is 9.52. The first-order valence-electron chi connectivity index (χ1n) is 8.56. The Bertz CT molecular complexity index is 316. The number of likely N-dealkylation sites (N-methyl/N-ethyl adjacent to an activating group) is 2. The second-order valence-corrected chi connectivity index (χ2v) is 8.31. The highest BCUT2D eigenvalue weighted by atomic mass is 15.3. The summed E-state index contributed by atoms with van der Waals surface area (Å²) in [7, 11) is 4.77. The minimum Gasteiger partial charge on any atom is -0.305 e. The van der Waals surface area contributed by atoms with Gasteiger partial charge in [0.1, 0.15) is 0 Å². The fraction of sp³-hybridized carbons (Fsp3) is 1.00. The van der Waals surface area contributed by atoms with Crippen molar-refractivity contribution in [2.24, 2.45) is 17.8 Å². The van der Waals surface area contributed by atoms with Crippen LogP contribution in [0.3, 0.4) is 0 Å². The van der Waals surface area contributed by atoms with Crippen molar-refractivity contribution < 1.29 is 0 Å². The van der Waals surface area contributed by atoms with Crippen molar-refractivity contribution in [2.75, 3.05) is 27.2 Å². The van der Waals surface area contributed by atoms with E-state index in [4.69, 9.17) is 0 Å². The SMILES string of the molecule is CN1CCCC(N(C)C23CC4CC(CC(C4)C2)C3)C1. The second kappa shape index (κ2) is 4.46. The van der Waals surface area contributed by atoms with E-state index in [0.29, 0.717) is 5.54 Å². The smallest absolute Gasteiger partial charge is 0.0226 e. The molecular formula is C17H30N2. The van der Waals surface area contributed by atoms with Crippen molar-refractivity contribution in [3.8, 4) is 0 Å². The largest absolute Gasteiger partial charge is 0.305 e. The summed E-state index contributed by atoms with van der Waals surface area (Å²) in [5.74, 6) is 3.24. The molecule has 1 saturated heterocycles. The van der Waals surface area contributed by atoms with E-state index in [9.17, 15) is 0 Å². The van der Waals surface area contributed by atoms with Gasteiger partial charge in [0.05, 0.1) is 0 Å². The van der Waals surface area contributed by atoms with E-state index in [1.807, 2.05) is 0 Å². The number of rotatable bonds is 2. The van der Waals surface area contributed by atoms with Crippen LogP contribution in [0.1, 0.15) is 51.4 Å². The lowest BCUT2D eigenvalue weighted by Gasteiger charge is -2.61. The van der Waals surface area contributed by atoms with Crippen molar-refractivity contribution in [3.05, 3.63) is 0 Å². The van der Waals surface area contributed by atoms with Gasteiger partial charge in [-0.15, -0.1) is 0 Å². The van der Waals surface area contributed by atoms with Crippen LogP contribution < -0.4 is 0 Å². The van der Waals surface area contributed by atoms with Crippen LogP contribution in [0.4, 0.5) is 0 Å². The number of nitrogens with zero attached hydrogens (tertiary/aromatic N) is 2. The Morgan fingerprint density at radius 3 is 2.11 bits per heavy atom. The third-order valence-electron chi connectivity index (χ3n) is 6.90.